The van der Waals surface area contributed by atoms with Crippen molar-refractivity contribution in [2.45, 2.75) is 164 Å². The molecule has 8 rings (SSSR count). The van der Waals surface area contributed by atoms with Crippen LogP contribution >= 0.6 is 0 Å². The summed E-state index contributed by atoms with van der Waals surface area (Å²) < 4.78 is 0. The molecule has 2 saturated carbocycles. The average Bonchev–Trinajstić information content (AvgIpc) is 3.85. The molecule has 2 unspecified atom stereocenters. The topological polar surface area (TPSA) is 47.1 Å². The van der Waals surface area contributed by atoms with Crippen LogP contribution in [-0.4, -0.2) is 96.9 Å². The lowest BCUT2D eigenvalue weighted by atomic mass is 9.79. The lowest BCUT2D eigenvalue weighted by Crippen LogP contribution is -2.50. The molecule has 2 aromatic carbocycles. The first-order valence-electron chi connectivity index (χ1n) is 26.6. The van der Waals surface area contributed by atoms with Crippen molar-refractivity contribution < 1.29 is 9.59 Å². The maximum absolute atomic E-state index is 13.8. The van der Waals surface area contributed by atoms with E-state index in [0.717, 1.165) is 82.2 Å². The van der Waals surface area contributed by atoms with Crippen LogP contribution in [0.15, 0.2) is 59.7 Å². The Morgan fingerprint density at radius 1 is 0.600 bits per heavy atom. The van der Waals surface area contributed by atoms with Crippen molar-refractivity contribution in [3.05, 3.63) is 81.9 Å². The Morgan fingerprint density at radius 2 is 1.00 bits per heavy atom. The van der Waals surface area contributed by atoms with Crippen LogP contribution in [0.2, 0.25) is 0 Å². The highest BCUT2D eigenvalue weighted by Crippen LogP contribution is 2.46. The molecule has 65 heavy (non-hydrogen) atoms. The first kappa shape index (κ1) is 49.7. The zero-order valence-corrected chi connectivity index (χ0v) is 43.1. The number of rotatable bonds is 13. The first-order valence-corrected chi connectivity index (χ1v) is 26.6. The lowest BCUT2D eigenvalue weighted by molar-refractivity contribution is -0.140. The highest BCUT2D eigenvalue weighted by Gasteiger charge is 2.42. The zero-order chi connectivity index (χ0) is 46.6. The van der Waals surface area contributed by atoms with Gasteiger partial charge in [0.15, 0.2) is 0 Å². The maximum Gasteiger partial charge on any atom is 0.226 e. The predicted octanol–water partition coefficient (Wildman–Crippen LogP) is 12.5. The predicted molar refractivity (Wildman–Crippen MR) is 273 cm³/mol. The summed E-state index contributed by atoms with van der Waals surface area (Å²) in [6, 6.07) is 18.3. The van der Waals surface area contributed by atoms with Gasteiger partial charge < -0.3 is 19.6 Å². The van der Waals surface area contributed by atoms with E-state index in [4.69, 9.17) is 0 Å². The minimum atomic E-state index is 0.230. The Balaban J connectivity index is 0.000000194. The van der Waals surface area contributed by atoms with Gasteiger partial charge in [0.1, 0.15) is 0 Å². The molecule has 2 aromatic rings. The monoisotopic (exact) mass is 887 g/mol. The van der Waals surface area contributed by atoms with Crippen molar-refractivity contribution in [3.8, 4) is 0 Å². The van der Waals surface area contributed by atoms with Gasteiger partial charge in [0.05, 0.1) is 12.1 Å². The Morgan fingerprint density at radius 3 is 1.38 bits per heavy atom. The van der Waals surface area contributed by atoms with Crippen molar-refractivity contribution in [1.82, 2.24) is 19.6 Å². The fourth-order valence-corrected chi connectivity index (χ4v) is 12.9. The Bertz CT molecular complexity index is 1990. The highest BCUT2D eigenvalue weighted by molar-refractivity contribution is 5.85. The third-order valence-corrected chi connectivity index (χ3v) is 16.5. The van der Waals surface area contributed by atoms with Crippen molar-refractivity contribution in [3.63, 3.8) is 0 Å². The van der Waals surface area contributed by atoms with E-state index in [9.17, 15) is 9.59 Å². The summed E-state index contributed by atoms with van der Waals surface area (Å²) in [6.07, 6.45) is 15.8. The largest absolute Gasteiger partial charge is 0.335 e. The normalized spacial score (nSPS) is 25.6. The molecule has 2 amide bonds. The van der Waals surface area contributed by atoms with Gasteiger partial charge in [-0.3, -0.25) is 9.59 Å². The van der Waals surface area contributed by atoms with Crippen molar-refractivity contribution >= 4 is 23.0 Å². The molecule has 0 saturated heterocycles. The molecule has 0 spiro atoms. The molecule has 6 heteroatoms. The summed E-state index contributed by atoms with van der Waals surface area (Å²) >= 11 is 0. The lowest BCUT2D eigenvalue weighted by Gasteiger charge is -2.42. The number of carbonyl (C=O) groups is 2. The van der Waals surface area contributed by atoms with E-state index in [1.165, 1.54) is 109 Å². The van der Waals surface area contributed by atoms with Gasteiger partial charge in [0.25, 0.3) is 0 Å². The van der Waals surface area contributed by atoms with Crippen LogP contribution in [-0.2, 0) is 22.4 Å². The van der Waals surface area contributed by atoms with Crippen molar-refractivity contribution in [2.75, 3.05) is 53.4 Å². The van der Waals surface area contributed by atoms with Crippen LogP contribution in [0.5, 0.6) is 0 Å². The minimum absolute atomic E-state index is 0.230. The summed E-state index contributed by atoms with van der Waals surface area (Å²) in [4.78, 5) is 37.1. The molecule has 4 aliphatic carbocycles. The van der Waals surface area contributed by atoms with Crippen LogP contribution < -0.4 is 0 Å². The third kappa shape index (κ3) is 12.1. The zero-order valence-electron chi connectivity index (χ0n) is 43.1. The number of benzene rings is 2. The highest BCUT2D eigenvalue weighted by atomic mass is 16.2. The van der Waals surface area contributed by atoms with E-state index in [2.05, 4.69) is 145 Å². The number of hydrogen-bond donors (Lipinski definition) is 0. The van der Waals surface area contributed by atoms with E-state index in [-0.39, 0.29) is 23.9 Å². The molecule has 2 fully saturated rings. The van der Waals surface area contributed by atoms with E-state index in [1.807, 2.05) is 0 Å². The minimum Gasteiger partial charge on any atom is -0.335 e. The number of amides is 2. The molecular formula is C59H90N4O2. The quantitative estimate of drug-likeness (QED) is 0.201. The number of fused-ring (bicyclic) bond motifs is 4. The molecule has 0 N–H and O–H groups in total. The van der Waals surface area contributed by atoms with Crippen LogP contribution in [0.3, 0.4) is 0 Å². The Hall–Kier alpha value is -3.22. The molecule has 6 nitrogen and oxygen atoms in total. The van der Waals surface area contributed by atoms with Crippen LogP contribution in [0, 0.1) is 46.8 Å². The van der Waals surface area contributed by atoms with Gasteiger partial charge in [-0.05, 0) is 197 Å². The molecular weight excluding hydrogens is 797 g/mol. The van der Waals surface area contributed by atoms with Crippen molar-refractivity contribution in [1.29, 1.82) is 0 Å². The second kappa shape index (κ2) is 21.8. The third-order valence-electron chi connectivity index (χ3n) is 16.5. The second-order valence-corrected chi connectivity index (χ2v) is 24.1. The van der Waals surface area contributed by atoms with Gasteiger partial charge in [0.2, 0.25) is 11.8 Å². The van der Waals surface area contributed by atoms with E-state index >= 15 is 0 Å². The molecule has 2 heterocycles. The molecule has 2 atom stereocenters. The fraction of sp³-hybridized carbons (Fsp3) is 0.695. The van der Waals surface area contributed by atoms with E-state index in [0.29, 0.717) is 29.1 Å². The summed E-state index contributed by atoms with van der Waals surface area (Å²) in [5.41, 5.74) is 12.3. The van der Waals surface area contributed by atoms with Crippen molar-refractivity contribution in [2.24, 2.45) is 46.8 Å². The van der Waals surface area contributed by atoms with Gasteiger partial charge in [-0.1, -0.05) is 111 Å². The van der Waals surface area contributed by atoms with Crippen LogP contribution in [0.25, 0.3) is 11.1 Å². The van der Waals surface area contributed by atoms with Gasteiger partial charge in [0, 0.05) is 38.0 Å². The Kier molecular flexibility index (Phi) is 16.7. The fourth-order valence-electron chi connectivity index (χ4n) is 12.9. The molecule has 0 bridgehead atoms. The van der Waals surface area contributed by atoms with Crippen LogP contribution in [0.1, 0.15) is 162 Å². The Labute approximate surface area is 397 Å². The summed E-state index contributed by atoms with van der Waals surface area (Å²) in [5, 5.41) is 0. The summed E-state index contributed by atoms with van der Waals surface area (Å²) in [7, 11) is 4.54. The van der Waals surface area contributed by atoms with Gasteiger partial charge in [-0.15, -0.1) is 0 Å². The van der Waals surface area contributed by atoms with Gasteiger partial charge in [-0.2, -0.15) is 0 Å². The molecule has 0 aromatic heterocycles. The molecule has 358 valence electrons. The molecule has 6 aliphatic rings. The standard InChI is InChI=1S/C30H46N2O.C29H44N2O/c1-21(2)28-27-19-24-9-7-8-10-25(24)26(27)15-17-32(28)29(33)23-13-11-22(12-14-23)20-31(6)18-16-30(3,4)5;1-20(2)14-16-30(5)19-22-10-12-23(13-11-22)29(32)31-17-15-26-25-9-7-6-8-24(25)18-27(26)28(31)21(3)4/h7-10,21-23,28H,11-20H2,1-6H3;6-9,20-23,28H,10-19H2,1-5H3. The summed E-state index contributed by atoms with van der Waals surface area (Å²) in [6.45, 7) is 27.3. The second-order valence-electron chi connectivity index (χ2n) is 24.1. The molecule has 0 radical (unpaired) electrons. The average molecular weight is 887 g/mol. The van der Waals surface area contributed by atoms with E-state index < -0.39 is 0 Å². The van der Waals surface area contributed by atoms with E-state index in [1.54, 1.807) is 0 Å². The van der Waals surface area contributed by atoms with Crippen LogP contribution in [0.4, 0.5) is 0 Å². The van der Waals surface area contributed by atoms with Gasteiger partial charge in [-0.25, -0.2) is 0 Å². The number of carbonyl (C=O) groups excluding carboxylic acids is 2. The SMILES string of the molecule is CC(C)C1C2=C(CCN1C(=O)C1CCC(CN(C)CCC(C)(C)C)CC1)c1ccccc1C2.CC(C)CCN(C)CC1CCC(C(=O)N2CCC3=C(Cc4ccccc43)C2C(C)C)CC1. The first-order chi connectivity index (χ1) is 31.0. The van der Waals surface area contributed by atoms with Gasteiger partial charge >= 0.3 is 0 Å². The number of nitrogens with zero attached hydrogens (tertiary/aromatic N) is 4. The number of hydrogen-bond acceptors (Lipinski definition) is 4. The summed E-state index contributed by atoms with van der Waals surface area (Å²) in [5.74, 6) is 4.55. The smallest absolute Gasteiger partial charge is 0.226 e. The maximum atomic E-state index is 13.8. The molecule has 2 aliphatic heterocycles.